The van der Waals surface area contributed by atoms with Crippen LogP contribution in [0.5, 0.6) is 0 Å². The molecule has 4 aromatic rings. The van der Waals surface area contributed by atoms with Gasteiger partial charge in [0.15, 0.2) is 10.9 Å². The van der Waals surface area contributed by atoms with Crippen LogP contribution in [0.3, 0.4) is 0 Å². The van der Waals surface area contributed by atoms with Crippen LogP contribution < -0.4 is 5.56 Å². The maximum absolute atomic E-state index is 12.7. The molecule has 0 amide bonds. The third-order valence-corrected chi connectivity index (χ3v) is 5.33. The molecule has 2 aromatic carbocycles. The number of oxazole rings is 1. The van der Waals surface area contributed by atoms with Gasteiger partial charge in [-0.3, -0.25) is 9.36 Å². The first-order valence-electron chi connectivity index (χ1n) is 8.48. The van der Waals surface area contributed by atoms with E-state index in [0.717, 1.165) is 5.56 Å². The molecule has 0 aliphatic heterocycles. The van der Waals surface area contributed by atoms with Crippen molar-refractivity contribution < 1.29 is 4.42 Å². The summed E-state index contributed by atoms with van der Waals surface area (Å²) in [6, 6.07) is 14.8. The second-order valence-corrected chi connectivity index (χ2v) is 7.26. The average Bonchev–Trinajstić information content (AvgIpc) is 3.16. The Morgan fingerprint density at radius 2 is 2.04 bits per heavy atom. The van der Waals surface area contributed by atoms with Crippen LogP contribution in [0.25, 0.3) is 22.2 Å². The predicted molar refractivity (Wildman–Crippen MR) is 108 cm³/mol. The van der Waals surface area contributed by atoms with Crippen molar-refractivity contribution in [2.45, 2.75) is 24.4 Å². The van der Waals surface area contributed by atoms with Crippen molar-refractivity contribution in [2.75, 3.05) is 0 Å². The van der Waals surface area contributed by atoms with Crippen LogP contribution in [0.2, 0.25) is 5.02 Å². The van der Waals surface area contributed by atoms with Crippen molar-refractivity contribution in [1.29, 1.82) is 0 Å². The Labute approximate surface area is 165 Å². The van der Waals surface area contributed by atoms with Gasteiger partial charge in [-0.25, -0.2) is 9.97 Å². The summed E-state index contributed by atoms with van der Waals surface area (Å²) < 4.78 is 7.51. The van der Waals surface area contributed by atoms with Gasteiger partial charge in [-0.1, -0.05) is 47.6 Å². The highest BCUT2D eigenvalue weighted by atomic mass is 35.5. The Morgan fingerprint density at radius 3 is 2.85 bits per heavy atom. The van der Waals surface area contributed by atoms with E-state index in [-0.39, 0.29) is 5.56 Å². The summed E-state index contributed by atoms with van der Waals surface area (Å²) in [5, 5.41) is 1.93. The molecule has 136 valence electrons. The first-order valence-corrected chi connectivity index (χ1v) is 9.85. The zero-order chi connectivity index (χ0) is 18.8. The number of hydrogen-bond donors (Lipinski definition) is 0. The molecule has 4 rings (SSSR count). The molecule has 0 fully saturated rings. The van der Waals surface area contributed by atoms with Gasteiger partial charge >= 0.3 is 0 Å². The van der Waals surface area contributed by atoms with Gasteiger partial charge in [0.25, 0.3) is 5.56 Å². The summed E-state index contributed by atoms with van der Waals surface area (Å²) in [6.07, 6.45) is 1.68. The van der Waals surface area contributed by atoms with Crippen LogP contribution in [0, 0.1) is 0 Å². The van der Waals surface area contributed by atoms with Gasteiger partial charge < -0.3 is 4.42 Å². The second-order valence-electron chi connectivity index (χ2n) is 5.88. The standard InChI is InChI=1S/C20H16ClN3O2S/c1-2-24-19(25)15-8-3-4-9-16(15)23-20(24)27-12-18-22-11-17(26-18)13-6-5-7-14(21)10-13/h3-11H,2,12H2,1H3. The minimum atomic E-state index is -0.0300. The Balaban J connectivity index is 1.60. The van der Waals surface area contributed by atoms with E-state index in [1.807, 2.05) is 49.4 Å². The summed E-state index contributed by atoms with van der Waals surface area (Å²) in [4.78, 5) is 21.6. The average molecular weight is 398 g/mol. The first-order chi connectivity index (χ1) is 13.2. The van der Waals surface area contributed by atoms with Gasteiger partial charge in [-0.05, 0) is 31.2 Å². The fourth-order valence-corrected chi connectivity index (χ4v) is 3.92. The van der Waals surface area contributed by atoms with E-state index < -0.39 is 0 Å². The topological polar surface area (TPSA) is 60.9 Å². The van der Waals surface area contributed by atoms with Gasteiger partial charge in [0.05, 0.1) is 22.9 Å². The van der Waals surface area contributed by atoms with Crippen molar-refractivity contribution in [3.63, 3.8) is 0 Å². The molecule has 2 aromatic heterocycles. The molecule has 27 heavy (non-hydrogen) atoms. The zero-order valence-corrected chi connectivity index (χ0v) is 16.1. The molecule has 0 aliphatic carbocycles. The molecule has 0 saturated heterocycles. The second kappa shape index (κ2) is 7.58. The fourth-order valence-electron chi connectivity index (χ4n) is 2.82. The Hall–Kier alpha value is -2.57. The van der Waals surface area contributed by atoms with Crippen molar-refractivity contribution in [1.82, 2.24) is 14.5 Å². The number of nitrogens with zero attached hydrogens (tertiary/aromatic N) is 3. The molecule has 2 heterocycles. The lowest BCUT2D eigenvalue weighted by Gasteiger charge is -2.10. The third-order valence-electron chi connectivity index (χ3n) is 4.13. The van der Waals surface area contributed by atoms with Crippen LogP contribution in [0.15, 0.2) is 69.1 Å². The molecule has 0 saturated carbocycles. The number of thioether (sulfide) groups is 1. The van der Waals surface area contributed by atoms with Crippen LogP contribution in [-0.2, 0) is 12.3 Å². The van der Waals surface area contributed by atoms with Crippen molar-refractivity contribution in [2.24, 2.45) is 0 Å². The Kier molecular flexibility index (Phi) is 5.01. The van der Waals surface area contributed by atoms with Gasteiger partial charge in [-0.15, -0.1) is 0 Å². The Morgan fingerprint density at radius 1 is 1.19 bits per heavy atom. The number of para-hydroxylation sites is 1. The number of fused-ring (bicyclic) bond motifs is 1. The Bertz CT molecular complexity index is 1170. The highest BCUT2D eigenvalue weighted by Crippen LogP contribution is 2.27. The quantitative estimate of drug-likeness (QED) is 0.349. The number of halogens is 1. The van der Waals surface area contributed by atoms with Crippen LogP contribution >= 0.6 is 23.4 Å². The maximum Gasteiger partial charge on any atom is 0.262 e. The number of aromatic nitrogens is 3. The summed E-state index contributed by atoms with van der Waals surface area (Å²) in [7, 11) is 0. The zero-order valence-electron chi connectivity index (χ0n) is 14.6. The minimum absolute atomic E-state index is 0.0300. The molecular weight excluding hydrogens is 382 g/mol. The van der Waals surface area contributed by atoms with E-state index in [1.54, 1.807) is 16.8 Å². The van der Waals surface area contributed by atoms with Crippen LogP contribution in [0.1, 0.15) is 12.8 Å². The van der Waals surface area contributed by atoms with Crippen molar-refractivity contribution >= 4 is 34.3 Å². The molecule has 0 unspecified atom stereocenters. The lowest BCUT2D eigenvalue weighted by atomic mass is 10.2. The lowest BCUT2D eigenvalue weighted by molar-refractivity contribution is 0.529. The van der Waals surface area contributed by atoms with Crippen molar-refractivity contribution in [3.8, 4) is 11.3 Å². The molecule has 0 radical (unpaired) electrons. The summed E-state index contributed by atoms with van der Waals surface area (Å²) in [5.41, 5.74) is 1.54. The van der Waals surface area contributed by atoms with Crippen LogP contribution in [0.4, 0.5) is 0 Å². The van der Waals surface area contributed by atoms with Gasteiger partial charge in [0.1, 0.15) is 0 Å². The van der Waals surface area contributed by atoms with Gasteiger partial charge in [-0.2, -0.15) is 0 Å². The number of hydrogen-bond acceptors (Lipinski definition) is 5. The molecule has 7 heteroatoms. The van der Waals surface area contributed by atoms with E-state index in [4.69, 9.17) is 16.0 Å². The molecule has 0 N–H and O–H groups in total. The lowest BCUT2D eigenvalue weighted by Crippen LogP contribution is -2.22. The largest absolute Gasteiger partial charge is 0.440 e. The van der Waals surface area contributed by atoms with E-state index in [0.29, 0.717) is 45.0 Å². The third kappa shape index (κ3) is 3.63. The normalized spacial score (nSPS) is 11.2. The van der Waals surface area contributed by atoms with Crippen molar-refractivity contribution in [3.05, 3.63) is 76.0 Å². The molecule has 0 aliphatic rings. The summed E-state index contributed by atoms with van der Waals surface area (Å²) in [6.45, 7) is 2.49. The molecule has 5 nitrogen and oxygen atoms in total. The fraction of sp³-hybridized carbons (Fsp3) is 0.150. The smallest absolute Gasteiger partial charge is 0.262 e. The molecule has 0 atom stereocenters. The van der Waals surface area contributed by atoms with Crippen LogP contribution in [-0.4, -0.2) is 14.5 Å². The van der Waals surface area contributed by atoms with E-state index >= 15 is 0 Å². The first kappa shape index (κ1) is 17.8. The number of benzene rings is 2. The summed E-state index contributed by atoms with van der Waals surface area (Å²) in [5.74, 6) is 1.71. The van der Waals surface area contributed by atoms with Gasteiger partial charge in [0.2, 0.25) is 5.89 Å². The number of rotatable bonds is 5. The molecule has 0 bridgehead atoms. The maximum atomic E-state index is 12.7. The van der Waals surface area contributed by atoms with E-state index in [2.05, 4.69) is 9.97 Å². The highest BCUT2D eigenvalue weighted by Gasteiger charge is 2.13. The summed E-state index contributed by atoms with van der Waals surface area (Å²) >= 11 is 7.47. The van der Waals surface area contributed by atoms with E-state index in [9.17, 15) is 4.79 Å². The van der Waals surface area contributed by atoms with Gasteiger partial charge in [0, 0.05) is 17.1 Å². The highest BCUT2D eigenvalue weighted by molar-refractivity contribution is 7.98. The molecular formula is C20H16ClN3O2S. The SMILES string of the molecule is CCn1c(SCc2ncc(-c3cccc(Cl)c3)o2)nc2ccccc2c1=O. The van der Waals surface area contributed by atoms with E-state index in [1.165, 1.54) is 11.8 Å². The predicted octanol–water partition coefficient (Wildman–Crippen LogP) is 5.02. The molecule has 0 spiro atoms. The monoisotopic (exact) mass is 397 g/mol. The minimum Gasteiger partial charge on any atom is -0.440 e.